The van der Waals surface area contributed by atoms with Gasteiger partial charge in [0, 0.05) is 12.1 Å². The van der Waals surface area contributed by atoms with Crippen molar-refractivity contribution >= 4 is 45.8 Å². The van der Waals surface area contributed by atoms with Crippen molar-refractivity contribution in [3.8, 4) is 5.75 Å². The van der Waals surface area contributed by atoms with Crippen molar-refractivity contribution < 1.29 is 14.3 Å². The van der Waals surface area contributed by atoms with E-state index in [2.05, 4.69) is 10.3 Å². The summed E-state index contributed by atoms with van der Waals surface area (Å²) < 4.78 is 5.15. The van der Waals surface area contributed by atoms with Gasteiger partial charge in [-0.25, -0.2) is 4.99 Å². The number of anilines is 2. The second-order valence-corrected chi connectivity index (χ2v) is 7.99. The van der Waals surface area contributed by atoms with Gasteiger partial charge >= 0.3 is 0 Å². The molecular formula is C24H21N3O3S. The molecule has 6 nitrogen and oxygen atoms in total. The van der Waals surface area contributed by atoms with Crippen LogP contribution in [0, 0.1) is 0 Å². The minimum atomic E-state index is -0.586. The predicted molar refractivity (Wildman–Crippen MR) is 125 cm³/mol. The number of benzene rings is 3. The van der Waals surface area contributed by atoms with Gasteiger partial charge in [0.05, 0.1) is 18.5 Å². The topological polar surface area (TPSA) is 71.0 Å². The first-order valence-electron chi connectivity index (χ1n) is 9.77. The minimum absolute atomic E-state index is 0.0787. The summed E-state index contributed by atoms with van der Waals surface area (Å²) in [5.41, 5.74) is 2.09. The van der Waals surface area contributed by atoms with Crippen molar-refractivity contribution in [3.05, 3.63) is 84.9 Å². The second kappa shape index (κ2) is 9.49. The number of carbonyl (C=O) groups excluding carboxylic acids is 2. The normalized spacial score (nSPS) is 17.5. The van der Waals surface area contributed by atoms with Crippen LogP contribution in [0.15, 0.2) is 89.9 Å². The highest BCUT2D eigenvalue weighted by Crippen LogP contribution is 2.33. The molecule has 1 aliphatic rings. The van der Waals surface area contributed by atoms with E-state index in [-0.39, 0.29) is 18.2 Å². The van der Waals surface area contributed by atoms with Crippen molar-refractivity contribution in [2.24, 2.45) is 4.99 Å². The molecule has 1 saturated heterocycles. The number of nitrogens with one attached hydrogen (secondary N) is 1. The van der Waals surface area contributed by atoms with Gasteiger partial charge in [0.25, 0.3) is 0 Å². The van der Waals surface area contributed by atoms with Crippen LogP contribution in [0.2, 0.25) is 0 Å². The fourth-order valence-electron chi connectivity index (χ4n) is 3.14. The molecule has 156 valence electrons. The zero-order chi connectivity index (χ0) is 21.6. The maximum Gasteiger partial charge on any atom is 0.238 e. The van der Waals surface area contributed by atoms with Crippen LogP contribution in [0.4, 0.5) is 17.1 Å². The maximum absolute atomic E-state index is 13.1. The molecule has 0 spiro atoms. The number of para-hydroxylation sites is 2. The van der Waals surface area contributed by atoms with E-state index in [1.807, 2.05) is 60.7 Å². The molecule has 2 amide bonds. The Kier molecular flexibility index (Phi) is 6.33. The average molecular weight is 432 g/mol. The van der Waals surface area contributed by atoms with E-state index in [0.717, 1.165) is 11.4 Å². The van der Waals surface area contributed by atoms with Crippen molar-refractivity contribution in [3.63, 3.8) is 0 Å². The number of nitrogens with zero attached hydrogens (tertiary/aromatic N) is 2. The van der Waals surface area contributed by atoms with E-state index in [1.54, 1.807) is 36.3 Å². The molecule has 1 atom stereocenters. The lowest BCUT2D eigenvalue weighted by atomic mass is 10.2. The number of rotatable bonds is 5. The molecule has 0 radical (unpaired) electrons. The second-order valence-electron chi connectivity index (χ2n) is 6.82. The van der Waals surface area contributed by atoms with Crippen molar-refractivity contribution in [1.82, 2.24) is 0 Å². The molecule has 0 aliphatic carbocycles. The lowest BCUT2D eigenvalue weighted by Crippen LogP contribution is -2.45. The van der Waals surface area contributed by atoms with Gasteiger partial charge in [0.15, 0.2) is 5.17 Å². The van der Waals surface area contributed by atoms with Crippen LogP contribution < -0.4 is 15.0 Å². The third kappa shape index (κ3) is 4.95. The molecule has 1 fully saturated rings. The first-order valence-corrected chi connectivity index (χ1v) is 10.7. The van der Waals surface area contributed by atoms with Crippen LogP contribution >= 0.6 is 11.8 Å². The van der Waals surface area contributed by atoms with Crippen molar-refractivity contribution in [2.45, 2.75) is 11.7 Å². The number of amidine groups is 1. The Balaban J connectivity index is 1.60. The molecule has 1 N–H and O–H groups in total. The fraction of sp³-hybridized carbons (Fsp3) is 0.125. The number of thioether (sulfide) groups is 1. The molecule has 1 heterocycles. The predicted octanol–water partition coefficient (Wildman–Crippen LogP) is 4.86. The van der Waals surface area contributed by atoms with Crippen LogP contribution in [0.3, 0.4) is 0 Å². The van der Waals surface area contributed by atoms with Gasteiger partial charge in [-0.3, -0.25) is 14.5 Å². The summed E-state index contributed by atoms with van der Waals surface area (Å²) in [5.74, 6) is 0.294. The molecule has 31 heavy (non-hydrogen) atoms. The molecule has 7 heteroatoms. The molecule has 0 saturated carbocycles. The van der Waals surface area contributed by atoms with Gasteiger partial charge in [-0.1, -0.05) is 48.2 Å². The zero-order valence-electron chi connectivity index (χ0n) is 16.9. The van der Waals surface area contributed by atoms with Crippen LogP contribution in [0.1, 0.15) is 6.42 Å². The van der Waals surface area contributed by atoms with Gasteiger partial charge in [-0.15, -0.1) is 0 Å². The molecule has 0 unspecified atom stereocenters. The number of ether oxygens (including phenoxy) is 1. The third-order valence-corrected chi connectivity index (χ3v) is 5.84. The number of amides is 2. The Labute approximate surface area is 184 Å². The van der Waals surface area contributed by atoms with Gasteiger partial charge in [0.2, 0.25) is 11.8 Å². The number of aliphatic imine (C=N–C) groups is 1. The molecule has 0 aromatic heterocycles. The first-order chi connectivity index (χ1) is 15.1. The highest BCUT2D eigenvalue weighted by molar-refractivity contribution is 8.15. The number of hydrogen-bond acceptors (Lipinski definition) is 5. The van der Waals surface area contributed by atoms with E-state index in [4.69, 9.17) is 4.74 Å². The van der Waals surface area contributed by atoms with Gasteiger partial charge < -0.3 is 10.1 Å². The van der Waals surface area contributed by atoms with E-state index >= 15 is 0 Å². The smallest absolute Gasteiger partial charge is 0.238 e. The summed E-state index contributed by atoms with van der Waals surface area (Å²) in [6.45, 7) is 0. The van der Waals surface area contributed by atoms with Crippen LogP contribution in [-0.4, -0.2) is 29.3 Å². The maximum atomic E-state index is 13.1. The van der Waals surface area contributed by atoms with E-state index in [9.17, 15) is 9.59 Å². The number of hydrogen-bond donors (Lipinski definition) is 1. The Morgan fingerprint density at radius 3 is 2.29 bits per heavy atom. The quantitative estimate of drug-likeness (QED) is 0.626. The largest absolute Gasteiger partial charge is 0.497 e. The summed E-state index contributed by atoms with van der Waals surface area (Å²) in [6, 6.07) is 25.8. The average Bonchev–Trinajstić information content (AvgIpc) is 2.80. The highest BCUT2D eigenvalue weighted by atomic mass is 32.2. The van der Waals surface area contributed by atoms with E-state index in [0.29, 0.717) is 16.6 Å². The number of methoxy groups -OCH3 is 1. The summed E-state index contributed by atoms with van der Waals surface area (Å²) in [6.07, 6.45) is 0.0787. The Morgan fingerprint density at radius 1 is 1.00 bits per heavy atom. The lowest BCUT2D eigenvalue weighted by molar-refractivity contribution is -0.121. The fourth-order valence-corrected chi connectivity index (χ4v) is 4.26. The van der Waals surface area contributed by atoms with Gasteiger partial charge in [0.1, 0.15) is 11.0 Å². The van der Waals surface area contributed by atoms with E-state index in [1.165, 1.54) is 11.8 Å². The zero-order valence-corrected chi connectivity index (χ0v) is 17.7. The van der Waals surface area contributed by atoms with Crippen LogP contribution in [-0.2, 0) is 9.59 Å². The van der Waals surface area contributed by atoms with E-state index < -0.39 is 5.25 Å². The summed E-state index contributed by atoms with van der Waals surface area (Å²) in [5, 5.41) is 2.77. The Bertz CT molecular complexity index is 1090. The summed E-state index contributed by atoms with van der Waals surface area (Å²) >= 11 is 1.29. The van der Waals surface area contributed by atoms with Gasteiger partial charge in [-0.05, 0) is 48.5 Å². The SMILES string of the molecule is COc1ccc(NC(=O)[C@@H]2CC(=O)N(c3ccccc3)C(=Nc3ccccc3)S2)cc1. The Hall–Kier alpha value is -3.58. The summed E-state index contributed by atoms with van der Waals surface area (Å²) in [4.78, 5) is 32.3. The van der Waals surface area contributed by atoms with Gasteiger partial charge in [-0.2, -0.15) is 0 Å². The standard InChI is InChI=1S/C24H21N3O3S/c1-30-20-14-12-18(13-15-20)25-23(29)21-16-22(28)27(19-10-6-3-7-11-19)24(31-21)26-17-8-4-2-5-9-17/h2-15,21H,16H2,1H3,(H,25,29)/t21-/m0/s1. The molecule has 3 aromatic rings. The minimum Gasteiger partial charge on any atom is -0.497 e. The Morgan fingerprint density at radius 2 is 1.65 bits per heavy atom. The summed E-state index contributed by atoms with van der Waals surface area (Å²) in [7, 11) is 1.59. The first kappa shape index (κ1) is 20.7. The molecule has 0 bridgehead atoms. The molecule has 4 rings (SSSR count). The highest BCUT2D eigenvalue weighted by Gasteiger charge is 2.36. The van der Waals surface area contributed by atoms with Crippen LogP contribution in [0.5, 0.6) is 5.75 Å². The molecule has 1 aliphatic heterocycles. The molecular weight excluding hydrogens is 410 g/mol. The lowest BCUT2D eigenvalue weighted by Gasteiger charge is -2.31. The third-order valence-electron chi connectivity index (χ3n) is 4.69. The molecule has 3 aromatic carbocycles. The van der Waals surface area contributed by atoms with Crippen molar-refractivity contribution in [1.29, 1.82) is 0 Å². The number of carbonyl (C=O) groups is 2. The monoisotopic (exact) mass is 431 g/mol. The van der Waals surface area contributed by atoms with Crippen molar-refractivity contribution in [2.75, 3.05) is 17.3 Å². The van der Waals surface area contributed by atoms with Crippen LogP contribution in [0.25, 0.3) is 0 Å².